The Balaban J connectivity index is 3.22. The Bertz CT molecular complexity index is 400. The molecule has 0 saturated heterocycles. The van der Waals surface area contributed by atoms with Crippen LogP contribution in [0.25, 0.3) is 0 Å². The van der Waals surface area contributed by atoms with Crippen LogP contribution in [0.2, 0.25) is 0 Å². The quantitative estimate of drug-likeness (QED) is 0.629. The van der Waals surface area contributed by atoms with E-state index >= 15 is 0 Å². The van der Waals surface area contributed by atoms with Crippen molar-refractivity contribution in [3.63, 3.8) is 0 Å². The first-order chi connectivity index (χ1) is 6.52. The number of halogens is 2. The van der Waals surface area contributed by atoms with Crippen LogP contribution in [-0.2, 0) is 0 Å². The molecule has 0 aliphatic heterocycles. The van der Waals surface area contributed by atoms with Crippen LogP contribution in [0.3, 0.4) is 0 Å². The fourth-order valence-corrected chi connectivity index (χ4v) is 0.957. The molecule has 0 spiro atoms. The van der Waals surface area contributed by atoms with Gasteiger partial charge in [0, 0.05) is 0 Å². The van der Waals surface area contributed by atoms with Crippen molar-refractivity contribution < 1.29 is 8.78 Å². The van der Waals surface area contributed by atoms with Crippen LogP contribution in [0.5, 0.6) is 0 Å². The second-order valence-electron chi connectivity index (χ2n) is 3.11. The Morgan fingerprint density at radius 2 is 2.00 bits per heavy atom. The lowest BCUT2D eigenvalue weighted by Crippen LogP contribution is -2.11. The highest BCUT2D eigenvalue weighted by atomic mass is 19.1. The Morgan fingerprint density at radius 3 is 2.57 bits per heavy atom. The van der Waals surface area contributed by atoms with Crippen LogP contribution in [-0.4, -0.2) is 6.04 Å². The number of benzene rings is 1. The maximum absolute atomic E-state index is 13.3. The summed E-state index contributed by atoms with van der Waals surface area (Å²) in [5.74, 6) is 3.65. The molecule has 0 aromatic heterocycles. The first-order valence-corrected chi connectivity index (χ1v) is 4.24. The second kappa shape index (κ2) is 4.21. The molecule has 0 amide bonds. The third kappa shape index (κ3) is 2.30. The van der Waals surface area contributed by atoms with E-state index in [-0.39, 0.29) is 5.56 Å². The molecule has 2 N–H and O–H groups in total. The lowest BCUT2D eigenvalue weighted by molar-refractivity contribution is 0.571. The van der Waals surface area contributed by atoms with Crippen LogP contribution >= 0.6 is 0 Å². The van der Waals surface area contributed by atoms with Gasteiger partial charge in [0.05, 0.1) is 11.6 Å². The largest absolute Gasteiger partial charge is 0.318 e. The van der Waals surface area contributed by atoms with E-state index in [1.165, 1.54) is 12.1 Å². The van der Waals surface area contributed by atoms with E-state index in [2.05, 4.69) is 11.8 Å². The molecule has 3 heteroatoms. The van der Waals surface area contributed by atoms with E-state index in [1.54, 1.807) is 13.8 Å². The molecule has 1 aromatic rings. The van der Waals surface area contributed by atoms with Gasteiger partial charge in [-0.1, -0.05) is 17.9 Å². The molecule has 0 aliphatic carbocycles. The van der Waals surface area contributed by atoms with Gasteiger partial charge in [-0.25, -0.2) is 8.78 Å². The highest BCUT2D eigenvalue weighted by molar-refractivity contribution is 5.40. The molecule has 0 fully saturated rings. The lowest BCUT2D eigenvalue weighted by Gasteiger charge is -2.00. The van der Waals surface area contributed by atoms with Crippen LogP contribution in [0, 0.1) is 30.4 Å². The van der Waals surface area contributed by atoms with Crippen molar-refractivity contribution >= 4 is 0 Å². The van der Waals surface area contributed by atoms with E-state index in [4.69, 9.17) is 5.73 Å². The van der Waals surface area contributed by atoms with Crippen molar-refractivity contribution in [1.82, 2.24) is 0 Å². The summed E-state index contributed by atoms with van der Waals surface area (Å²) >= 11 is 0. The van der Waals surface area contributed by atoms with Gasteiger partial charge in [-0.3, -0.25) is 0 Å². The standard InChI is InChI=1S/C11H11F2N/c1-7-3-6-10(12)9(11(7)13)5-4-8(2)14/h3,6,8H,14H2,1-2H3. The average Bonchev–Trinajstić information content (AvgIpc) is 2.11. The third-order valence-electron chi connectivity index (χ3n) is 1.71. The summed E-state index contributed by atoms with van der Waals surface area (Å²) in [7, 11) is 0. The van der Waals surface area contributed by atoms with Crippen LogP contribution < -0.4 is 5.73 Å². The van der Waals surface area contributed by atoms with Crippen molar-refractivity contribution in [2.24, 2.45) is 5.73 Å². The Hall–Kier alpha value is -1.40. The van der Waals surface area contributed by atoms with Crippen LogP contribution in [0.15, 0.2) is 12.1 Å². The van der Waals surface area contributed by atoms with Crippen molar-refractivity contribution in [3.8, 4) is 11.8 Å². The molecular formula is C11H11F2N. The highest BCUT2D eigenvalue weighted by Gasteiger charge is 2.08. The van der Waals surface area contributed by atoms with Gasteiger partial charge in [-0.2, -0.15) is 0 Å². The summed E-state index contributed by atoms with van der Waals surface area (Å²) < 4.78 is 26.4. The van der Waals surface area contributed by atoms with Gasteiger partial charge in [0.15, 0.2) is 0 Å². The molecule has 1 nitrogen and oxygen atoms in total. The van der Waals surface area contributed by atoms with E-state index in [1.807, 2.05) is 0 Å². The fourth-order valence-electron chi connectivity index (χ4n) is 0.957. The molecule has 0 heterocycles. The number of nitrogens with two attached hydrogens (primary N) is 1. The lowest BCUT2D eigenvalue weighted by atomic mass is 10.1. The normalized spacial score (nSPS) is 11.8. The molecule has 0 aliphatic rings. The van der Waals surface area contributed by atoms with Crippen LogP contribution in [0.1, 0.15) is 18.1 Å². The molecule has 74 valence electrons. The molecule has 0 saturated carbocycles. The highest BCUT2D eigenvalue weighted by Crippen LogP contribution is 2.14. The Kier molecular flexibility index (Phi) is 3.21. The van der Waals surface area contributed by atoms with Gasteiger partial charge in [0.1, 0.15) is 11.6 Å². The van der Waals surface area contributed by atoms with Crippen molar-refractivity contribution in [1.29, 1.82) is 0 Å². The minimum Gasteiger partial charge on any atom is -0.318 e. The average molecular weight is 195 g/mol. The summed E-state index contributed by atoms with van der Waals surface area (Å²) in [4.78, 5) is 0. The zero-order valence-corrected chi connectivity index (χ0v) is 8.07. The van der Waals surface area contributed by atoms with Gasteiger partial charge in [0.2, 0.25) is 0 Å². The van der Waals surface area contributed by atoms with Crippen LogP contribution in [0.4, 0.5) is 8.78 Å². The van der Waals surface area contributed by atoms with E-state index < -0.39 is 17.7 Å². The second-order valence-corrected chi connectivity index (χ2v) is 3.11. The number of aryl methyl sites for hydroxylation is 1. The Labute approximate surface area is 81.9 Å². The first-order valence-electron chi connectivity index (χ1n) is 4.24. The van der Waals surface area contributed by atoms with Gasteiger partial charge >= 0.3 is 0 Å². The van der Waals surface area contributed by atoms with E-state index in [9.17, 15) is 8.78 Å². The Morgan fingerprint density at radius 1 is 1.36 bits per heavy atom. The summed E-state index contributed by atoms with van der Waals surface area (Å²) in [6.07, 6.45) is 0. The molecule has 1 aromatic carbocycles. The molecule has 14 heavy (non-hydrogen) atoms. The summed E-state index contributed by atoms with van der Waals surface area (Å²) in [6.45, 7) is 3.21. The summed E-state index contributed by atoms with van der Waals surface area (Å²) in [6, 6.07) is 2.18. The number of hydrogen-bond acceptors (Lipinski definition) is 1. The molecule has 1 rings (SSSR count). The summed E-state index contributed by atoms with van der Waals surface area (Å²) in [5.41, 5.74) is 5.53. The van der Waals surface area contributed by atoms with Crippen molar-refractivity contribution in [2.45, 2.75) is 19.9 Å². The summed E-state index contributed by atoms with van der Waals surface area (Å²) in [5, 5.41) is 0. The predicted octanol–water partition coefficient (Wildman–Crippen LogP) is 1.97. The zero-order chi connectivity index (χ0) is 10.7. The van der Waals surface area contributed by atoms with E-state index in [0.29, 0.717) is 5.56 Å². The minimum atomic E-state index is -0.652. The monoisotopic (exact) mass is 195 g/mol. The molecule has 0 bridgehead atoms. The van der Waals surface area contributed by atoms with Gasteiger partial charge in [-0.15, -0.1) is 0 Å². The number of hydrogen-bond donors (Lipinski definition) is 1. The predicted molar refractivity (Wildman–Crippen MR) is 51.6 cm³/mol. The van der Waals surface area contributed by atoms with Crippen molar-refractivity contribution in [3.05, 3.63) is 34.9 Å². The smallest absolute Gasteiger partial charge is 0.144 e. The SMILES string of the molecule is Cc1ccc(F)c(C#CC(C)N)c1F. The fraction of sp³-hybridized carbons (Fsp3) is 0.273. The third-order valence-corrected chi connectivity index (χ3v) is 1.71. The topological polar surface area (TPSA) is 26.0 Å². The molecule has 0 radical (unpaired) electrons. The van der Waals surface area contributed by atoms with Gasteiger partial charge < -0.3 is 5.73 Å². The van der Waals surface area contributed by atoms with Gasteiger partial charge in [0.25, 0.3) is 0 Å². The maximum atomic E-state index is 13.3. The molecule has 1 unspecified atom stereocenters. The van der Waals surface area contributed by atoms with E-state index in [0.717, 1.165) is 0 Å². The maximum Gasteiger partial charge on any atom is 0.144 e. The molecule has 1 atom stereocenters. The zero-order valence-electron chi connectivity index (χ0n) is 8.07. The first kappa shape index (κ1) is 10.7. The van der Waals surface area contributed by atoms with Crippen molar-refractivity contribution in [2.75, 3.05) is 0 Å². The number of rotatable bonds is 0. The van der Waals surface area contributed by atoms with Gasteiger partial charge in [-0.05, 0) is 25.5 Å². The molecular weight excluding hydrogens is 184 g/mol. The minimum absolute atomic E-state index is 0.206.